The molecule has 0 aliphatic carbocycles. The molecule has 1 rings (SSSR count). The van der Waals surface area contributed by atoms with Crippen molar-refractivity contribution in [3.63, 3.8) is 0 Å². The summed E-state index contributed by atoms with van der Waals surface area (Å²) in [5, 5.41) is 8.55. The van der Waals surface area contributed by atoms with Gasteiger partial charge in [0, 0.05) is 11.8 Å². The second-order valence-corrected chi connectivity index (χ2v) is 4.20. The molecule has 0 aliphatic rings. The van der Waals surface area contributed by atoms with Gasteiger partial charge in [-0.05, 0) is 29.8 Å². The third kappa shape index (κ3) is 5.72. The Morgan fingerprint density at radius 2 is 1.71 bits per heavy atom. The van der Waals surface area contributed by atoms with E-state index in [0.717, 1.165) is 18.2 Å². The van der Waals surface area contributed by atoms with Gasteiger partial charge in [0.05, 0.1) is 13.1 Å². The van der Waals surface area contributed by atoms with Crippen molar-refractivity contribution in [2.75, 3.05) is 18.0 Å². The zero-order valence-corrected chi connectivity index (χ0v) is 11.0. The molecule has 0 spiro atoms. The Hall–Kier alpha value is -2.90. The van der Waals surface area contributed by atoms with Crippen molar-refractivity contribution in [3.05, 3.63) is 35.7 Å². The largest absolute Gasteiger partial charge is 0.478 e. The summed E-state index contributed by atoms with van der Waals surface area (Å²) in [5.74, 6) is -3.28. The summed E-state index contributed by atoms with van der Waals surface area (Å²) in [7, 11) is 0. The lowest BCUT2D eigenvalue weighted by Crippen LogP contribution is -2.39. The Morgan fingerprint density at radius 1 is 1.14 bits per heavy atom. The first-order valence-electron chi connectivity index (χ1n) is 5.81. The lowest BCUT2D eigenvalue weighted by Gasteiger charge is -2.22. The molecule has 0 saturated carbocycles. The molecule has 8 heteroatoms. The van der Waals surface area contributed by atoms with Crippen LogP contribution in [-0.2, 0) is 14.4 Å². The van der Waals surface area contributed by atoms with Gasteiger partial charge in [0.15, 0.2) is 0 Å². The number of carboxylic acid groups (broad SMARTS) is 1. The fraction of sp³-hybridized carbons (Fsp3) is 0.154. The highest BCUT2D eigenvalue weighted by Crippen LogP contribution is 2.19. The van der Waals surface area contributed by atoms with Gasteiger partial charge in [-0.1, -0.05) is 0 Å². The maximum absolute atomic E-state index is 13.5. The van der Waals surface area contributed by atoms with Gasteiger partial charge in [0.2, 0.25) is 11.8 Å². The molecule has 0 bridgehead atoms. The number of nitrogens with two attached hydrogens (primary N) is 2. The van der Waals surface area contributed by atoms with Gasteiger partial charge in [-0.25, -0.2) is 9.18 Å². The molecule has 0 radical (unpaired) electrons. The molecular weight excluding hydrogens is 281 g/mol. The van der Waals surface area contributed by atoms with Crippen LogP contribution in [0.2, 0.25) is 0 Å². The number of nitrogens with zero attached hydrogens (tertiary/aromatic N) is 1. The number of hydrogen-bond acceptors (Lipinski definition) is 4. The number of anilines is 1. The van der Waals surface area contributed by atoms with E-state index in [-0.39, 0.29) is 24.3 Å². The minimum absolute atomic E-state index is 0.192. The van der Waals surface area contributed by atoms with Crippen LogP contribution in [0.4, 0.5) is 10.1 Å². The first-order valence-corrected chi connectivity index (χ1v) is 5.81. The van der Waals surface area contributed by atoms with Gasteiger partial charge in [-0.2, -0.15) is 0 Å². The van der Waals surface area contributed by atoms with E-state index < -0.39 is 23.6 Å². The number of carboxylic acids is 1. The third-order valence-corrected chi connectivity index (χ3v) is 2.38. The van der Waals surface area contributed by atoms with Crippen molar-refractivity contribution < 1.29 is 23.9 Å². The standard InChI is InChI=1S/C13H14FN3O4/c14-9-3-8(1-2-13(20)21)4-10(5-9)17(6-11(15)18)7-12(16)19/h1-5H,6-7H2,(H2,15,18)(H2,16,19)(H,20,21)/b2-1+. The summed E-state index contributed by atoms with van der Waals surface area (Å²) in [6.07, 6.45) is 2.02. The first kappa shape index (κ1) is 16.2. The van der Waals surface area contributed by atoms with Gasteiger partial charge in [0.25, 0.3) is 0 Å². The fourth-order valence-corrected chi connectivity index (χ4v) is 1.66. The number of carbonyl (C=O) groups excluding carboxylic acids is 2. The first-order chi connectivity index (χ1) is 9.77. The molecule has 0 fully saturated rings. The molecule has 0 unspecified atom stereocenters. The number of hydrogen-bond donors (Lipinski definition) is 3. The van der Waals surface area contributed by atoms with Crippen LogP contribution in [0.1, 0.15) is 5.56 Å². The van der Waals surface area contributed by atoms with Gasteiger partial charge >= 0.3 is 5.97 Å². The molecule has 112 valence electrons. The minimum Gasteiger partial charge on any atom is -0.478 e. The van der Waals surface area contributed by atoms with E-state index in [4.69, 9.17) is 16.6 Å². The molecule has 0 aliphatic heterocycles. The van der Waals surface area contributed by atoms with Gasteiger partial charge in [0.1, 0.15) is 5.82 Å². The summed E-state index contributed by atoms with van der Waals surface area (Å²) in [6.45, 7) is -0.650. The van der Waals surface area contributed by atoms with Crippen molar-refractivity contribution in [3.8, 4) is 0 Å². The van der Waals surface area contributed by atoms with E-state index in [1.807, 2.05) is 0 Å². The normalized spacial score (nSPS) is 10.5. The molecule has 0 aromatic heterocycles. The molecule has 5 N–H and O–H groups in total. The molecule has 21 heavy (non-hydrogen) atoms. The second kappa shape index (κ2) is 7.04. The predicted octanol–water partition coefficient (Wildman–Crippen LogP) is -0.299. The number of benzene rings is 1. The predicted molar refractivity (Wildman–Crippen MR) is 73.7 cm³/mol. The summed E-state index contributed by atoms with van der Waals surface area (Å²) in [5.41, 5.74) is 10.6. The van der Waals surface area contributed by atoms with Crippen LogP contribution in [0.5, 0.6) is 0 Å². The van der Waals surface area contributed by atoms with E-state index in [1.54, 1.807) is 0 Å². The molecule has 0 atom stereocenters. The number of primary amides is 2. The van der Waals surface area contributed by atoms with Crippen molar-refractivity contribution in [2.45, 2.75) is 0 Å². The lowest BCUT2D eigenvalue weighted by molar-refractivity contribution is -0.131. The maximum atomic E-state index is 13.5. The average molecular weight is 295 g/mol. The third-order valence-electron chi connectivity index (χ3n) is 2.38. The number of rotatable bonds is 7. The van der Waals surface area contributed by atoms with E-state index in [0.29, 0.717) is 0 Å². The molecular formula is C13H14FN3O4. The highest BCUT2D eigenvalue weighted by Gasteiger charge is 2.13. The second-order valence-electron chi connectivity index (χ2n) is 4.20. The monoisotopic (exact) mass is 295 g/mol. The Bertz CT molecular complexity index is 585. The highest BCUT2D eigenvalue weighted by molar-refractivity contribution is 5.87. The van der Waals surface area contributed by atoms with Gasteiger partial charge < -0.3 is 21.5 Å². The van der Waals surface area contributed by atoms with Crippen LogP contribution in [0, 0.1) is 5.82 Å². The zero-order valence-electron chi connectivity index (χ0n) is 11.0. The van der Waals surface area contributed by atoms with E-state index in [1.165, 1.54) is 17.0 Å². The minimum atomic E-state index is -1.19. The summed E-state index contributed by atoms with van der Waals surface area (Å²) >= 11 is 0. The number of carbonyl (C=O) groups is 3. The molecule has 1 aromatic rings. The topological polar surface area (TPSA) is 127 Å². The maximum Gasteiger partial charge on any atom is 0.328 e. The van der Waals surface area contributed by atoms with E-state index in [2.05, 4.69) is 0 Å². The highest BCUT2D eigenvalue weighted by atomic mass is 19.1. The molecule has 0 heterocycles. The Kier molecular flexibility index (Phi) is 5.41. The molecule has 0 saturated heterocycles. The zero-order chi connectivity index (χ0) is 16.0. The summed E-state index contributed by atoms with van der Waals surface area (Å²) < 4.78 is 13.5. The summed E-state index contributed by atoms with van der Waals surface area (Å²) in [6, 6.07) is 3.61. The average Bonchev–Trinajstić information content (AvgIpc) is 2.33. The van der Waals surface area contributed by atoms with Crippen LogP contribution < -0.4 is 16.4 Å². The van der Waals surface area contributed by atoms with Crippen molar-refractivity contribution in [1.82, 2.24) is 0 Å². The fourth-order valence-electron chi connectivity index (χ4n) is 1.66. The van der Waals surface area contributed by atoms with Crippen molar-refractivity contribution >= 4 is 29.5 Å². The quantitative estimate of drug-likeness (QED) is 0.595. The smallest absolute Gasteiger partial charge is 0.328 e. The Labute approximate surface area is 119 Å². The van der Waals surface area contributed by atoms with Gasteiger partial charge in [-0.15, -0.1) is 0 Å². The molecule has 7 nitrogen and oxygen atoms in total. The lowest BCUT2D eigenvalue weighted by atomic mass is 10.1. The number of aliphatic carboxylic acids is 1. The number of halogens is 1. The van der Waals surface area contributed by atoms with E-state index in [9.17, 15) is 18.8 Å². The van der Waals surface area contributed by atoms with Crippen molar-refractivity contribution in [1.29, 1.82) is 0 Å². The van der Waals surface area contributed by atoms with Crippen molar-refractivity contribution in [2.24, 2.45) is 11.5 Å². The van der Waals surface area contributed by atoms with Crippen LogP contribution in [-0.4, -0.2) is 36.0 Å². The van der Waals surface area contributed by atoms with Crippen LogP contribution in [0.3, 0.4) is 0 Å². The SMILES string of the molecule is NC(=O)CN(CC(N)=O)c1cc(F)cc(/C=C/C(=O)O)c1. The number of amides is 2. The van der Waals surface area contributed by atoms with Crippen LogP contribution in [0.25, 0.3) is 6.08 Å². The summed E-state index contributed by atoms with van der Waals surface area (Å²) in [4.78, 5) is 33.6. The van der Waals surface area contributed by atoms with Gasteiger partial charge in [-0.3, -0.25) is 9.59 Å². The van der Waals surface area contributed by atoms with Crippen LogP contribution >= 0.6 is 0 Å². The molecule has 2 amide bonds. The Morgan fingerprint density at radius 3 is 2.19 bits per heavy atom. The molecule has 1 aromatic carbocycles. The van der Waals surface area contributed by atoms with Crippen LogP contribution in [0.15, 0.2) is 24.3 Å². The Balaban J connectivity index is 3.14. The van der Waals surface area contributed by atoms with E-state index >= 15 is 0 Å².